The van der Waals surface area contributed by atoms with Crippen LogP contribution in [-0.2, 0) is 7.05 Å². The van der Waals surface area contributed by atoms with Crippen molar-refractivity contribution in [2.75, 3.05) is 0 Å². The molecule has 1 N–H and O–H groups in total. The molecule has 0 unspecified atom stereocenters. The summed E-state index contributed by atoms with van der Waals surface area (Å²) < 4.78 is 2.69. The van der Waals surface area contributed by atoms with E-state index in [0.29, 0.717) is 15.9 Å². The van der Waals surface area contributed by atoms with E-state index < -0.39 is 5.97 Å². The van der Waals surface area contributed by atoms with Gasteiger partial charge < -0.3 is 5.11 Å². The van der Waals surface area contributed by atoms with Gasteiger partial charge in [0.25, 0.3) is 5.56 Å². The van der Waals surface area contributed by atoms with E-state index in [0.717, 1.165) is 0 Å². The lowest BCUT2D eigenvalue weighted by atomic mass is 10.2. The Balaban J connectivity index is 2.64. The van der Waals surface area contributed by atoms with Gasteiger partial charge in [-0.15, -0.1) is 0 Å². The van der Waals surface area contributed by atoms with Crippen LogP contribution in [0.5, 0.6) is 0 Å². The molecule has 0 spiro atoms. The molecule has 3 aromatic rings. The lowest BCUT2D eigenvalue weighted by molar-refractivity contribution is 0.0698. The molecule has 6 nitrogen and oxygen atoms in total. The Bertz CT molecular complexity index is 894. The predicted molar refractivity (Wildman–Crippen MR) is 69.9 cm³/mol. The first kappa shape index (κ1) is 11.7. The average molecular weight is 278 g/mol. The van der Waals surface area contributed by atoms with Crippen molar-refractivity contribution in [2.24, 2.45) is 7.05 Å². The largest absolute Gasteiger partial charge is 0.477 e. The van der Waals surface area contributed by atoms with Gasteiger partial charge >= 0.3 is 5.97 Å². The third-order valence-corrected chi connectivity index (χ3v) is 3.25. The fraction of sp³-hybridized carbons (Fsp3) is 0.0833. The third-order valence-electron chi connectivity index (χ3n) is 3.01. The van der Waals surface area contributed by atoms with Crippen LogP contribution >= 0.6 is 11.6 Å². The van der Waals surface area contributed by atoms with Gasteiger partial charge in [0.1, 0.15) is 5.56 Å². The van der Waals surface area contributed by atoms with Crippen LogP contribution in [0.25, 0.3) is 16.6 Å². The van der Waals surface area contributed by atoms with Gasteiger partial charge in [0, 0.05) is 12.1 Å². The molecule has 0 aliphatic carbocycles. The predicted octanol–water partition coefficient (Wildman–Crippen LogP) is 1.54. The molecule has 2 heterocycles. The molecular formula is C12H8ClN3O3. The maximum atomic E-state index is 12.2. The van der Waals surface area contributed by atoms with Crippen LogP contribution in [0, 0.1) is 0 Å². The number of aromatic nitrogens is 3. The van der Waals surface area contributed by atoms with Crippen LogP contribution in [-0.4, -0.2) is 25.3 Å². The lowest BCUT2D eigenvalue weighted by Crippen LogP contribution is -2.21. The molecule has 0 aliphatic heterocycles. The number of hydrogen-bond donors (Lipinski definition) is 1. The number of rotatable bonds is 1. The van der Waals surface area contributed by atoms with Gasteiger partial charge in [-0.2, -0.15) is 5.10 Å². The topological polar surface area (TPSA) is 76.6 Å². The minimum Gasteiger partial charge on any atom is -0.477 e. The fourth-order valence-electron chi connectivity index (χ4n) is 2.13. The normalized spacial score (nSPS) is 11.3. The SMILES string of the molecule is Cn1c(=O)c2cc(Cl)ccc2n2ncc(C(=O)O)c12. The first-order valence-corrected chi connectivity index (χ1v) is 5.78. The standard InChI is InChI=1S/C12H8ClN3O3/c1-15-10-8(12(18)19)5-14-16(10)9-3-2-6(13)4-7(9)11(15)17/h2-5H,1H3,(H,18,19). The highest BCUT2D eigenvalue weighted by molar-refractivity contribution is 6.31. The minimum atomic E-state index is -1.13. The first-order chi connectivity index (χ1) is 9.00. The molecule has 0 amide bonds. The number of aromatic carboxylic acids is 1. The summed E-state index contributed by atoms with van der Waals surface area (Å²) in [5.41, 5.74) is 0.437. The number of benzene rings is 1. The van der Waals surface area contributed by atoms with Crippen molar-refractivity contribution in [1.29, 1.82) is 0 Å². The first-order valence-electron chi connectivity index (χ1n) is 5.40. The van der Waals surface area contributed by atoms with Crippen molar-refractivity contribution in [3.8, 4) is 0 Å². The zero-order valence-corrected chi connectivity index (χ0v) is 10.5. The Kier molecular flexibility index (Phi) is 2.36. The van der Waals surface area contributed by atoms with Crippen molar-refractivity contribution in [1.82, 2.24) is 14.2 Å². The summed E-state index contributed by atoms with van der Waals surface area (Å²) in [6.45, 7) is 0. The Morgan fingerprint density at radius 2 is 2.16 bits per heavy atom. The van der Waals surface area contributed by atoms with E-state index in [1.54, 1.807) is 18.2 Å². The molecule has 1 aromatic carbocycles. The van der Waals surface area contributed by atoms with Gasteiger partial charge in [0.15, 0.2) is 5.65 Å². The monoisotopic (exact) mass is 277 g/mol. The van der Waals surface area contributed by atoms with Crippen LogP contribution in [0.2, 0.25) is 5.02 Å². The van der Waals surface area contributed by atoms with Crippen molar-refractivity contribution in [3.63, 3.8) is 0 Å². The fourth-order valence-corrected chi connectivity index (χ4v) is 2.31. The van der Waals surface area contributed by atoms with Crippen LogP contribution in [0.4, 0.5) is 0 Å². The van der Waals surface area contributed by atoms with Gasteiger partial charge in [-0.1, -0.05) is 11.6 Å². The van der Waals surface area contributed by atoms with E-state index in [1.165, 1.54) is 22.3 Å². The van der Waals surface area contributed by atoms with E-state index in [-0.39, 0.29) is 16.8 Å². The lowest BCUT2D eigenvalue weighted by Gasteiger charge is -2.07. The van der Waals surface area contributed by atoms with Crippen molar-refractivity contribution < 1.29 is 9.90 Å². The number of aryl methyl sites for hydroxylation is 1. The highest BCUT2D eigenvalue weighted by atomic mass is 35.5. The van der Waals surface area contributed by atoms with Crippen molar-refractivity contribution in [2.45, 2.75) is 0 Å². The van der Waals surface area contributed by atoms with E-state index in [2.05, 4.69) is 5.10 Å². The van der Waals surface area contributed by atoms with Gasteiger partial charge in [-0.25, -0.2) is 9.31 Å². The number of hydrogen-bond acceptors (Lipinski definition) is 3. The minimum absolute atomic E-state index is 0.0172. The zero-order chi connectivity index (χ0) is 13.7. The molecule has 0 atom stereocenters. The van der Waals surface area contributed by atoms with Gasteiger partial charge in [0.05, 0.1) is 17.1 Å². The van der Waals surface area contributed by atoms with Crippen molar-refractivity contribution >= 4 is 34.1 Å². The zero-order valence-electron chi connectivity index (χ0n) is 9.79. The summed E-state index contributed by atoms with van der Waals surface area (Å²) in [6.07, 6.45) is 1.23. The number of carboxylic acids is 1. The Morgan fingerprint density at radius 1 is 1.42 bits per heavy atom. The van der Waals surface area contributed by atoms with E-state index in [1.807, 2.05) is 0 Å². The van der Waals surface area contributed by atoms with Gasteiger partial charge in [-0.05, 0) is 18.2 Å². The average Bonchev–Trinajstić information content (AvgIpc) is 2.80. The van der Waals surface area contributed by atoms with Crippen LogP contribution in [0.3, 0.4) is 0 Å². The van der Waals surface area contributed by atoms with Gasteiger partial charge in [0.2, 0.25) is 0 Å². The summed E-state index contributed by atoms with van der Waals surface area (Å²) in [5, 5.41) is 14.0. The van der Waals surface area contributed by atoms with Crippen LogP contribution < -0.4 is 5.56 Å². The molecule has 96 valence electrons. The highest BCUT2D eigenvalue weighted by Crippen LogP contribution is 2.19. The Hall–Kier alpha value is -2.34. The Morgan fingerprint density at radius 3 is 2.84 bits per heavy atom. The number of halogens is 1. The number of nitrogens with zero attached hydrogens (tertiary/aromatic N) is 3. The van der Waals surface area contributed by atoms with Crippen molar-refractivity contribution in [3.05, 3.63) is 45.3 Å². The second kappa shape index (κ2) is 3.83. The molecule has 0 aliphatic rings. The maximum Gasteiger partial charge on any atom is 0.341 e. The Labute approximate surface area is 111 Å². The second-order valence-electron chi connectivity index (χ2n) is 4.12. The molecule has 0 saturated heterocycles. The second-order valence-corrected chi connectivity index (χ2v) is 4.56. The summed E-state index contributed by atoms with van der Waals surface area (Å²) in [4.78, 5) is 23.4. The van der Waals surface area contributed by atoms with Crippen LogP contribution in [0.15, 0.2) is 29.2 Å². The maximum absolute atomic E-state index is 12.2. The number of carboxylic acid groups (broad SMARTS) is 1. The molecule has 0 saturated carbocycles. The molecule has 3 rings (SSSR count). The molecule has 0 radical (unpaired) electrons. The molecule has 0 bridgehead atoms. The third kappa shape index (κ3) is 1.53. The molecule has 2 aromatic heterocycles. The van der Waals surface area contributed by atoms with E-state index in [9.17, 15) is 9.59 Å². The molecular weight excluding hydrogens is 270 g/mol. The molecule has 0 fully saturated rings. The van der Waals surface area contributed by atoms with E-state index in [4.69, 9.17) is 16.7 Å². The number of fused-ring (bicyclic) bond motifs is 3. The summed E-state index contributed by atoms with van der Waals surface area (Å²) >= 11 is 5.88. The smallest absolute Gasteiger partial charge is 0.341 e. The van der Waals surface area contributed by atoms with E-state index >= 15 is 0 Å². The van der Waals surface area contributed by atoms with Crippen LogP contribution in [0.1, 0.15) is 10.4 Å². The van der Waals surface area contributed by atoms with Gasteiger partial charge in [-0.3, -0.25) is 9.36 Å². The molecule has 19 heavy (non-hydrogen) atoms. The number of carbonyl (C=O) groups is 1. The quantitative estimate of drug-likeness (QED) is 0.732. The molecule has 7 heteroatoms. The summed E-state index contributed by atoms with van der Waals surface area (Å²) in [7, 11) is 1.51. The summed E-state index contributed by atoms with van der Waals surface area (Å²) in [5.74, 6) is -1.13. The highest BCUT2D eigenvalue weighted by Gasteiger charge is 2.17. The summed E-state index contributed by atoms with van der Waals surface area (Å²) in [6, 6.07) is 4.82.